The summed E-state index contributed by atoms with van der Waals surface area (Å²) < 4.78 is 2.04. The van der Waals surface area contributed by atoms with E-state index in [9.17, 15) is 0 Å². The lowest BCUT2D eigenvalue weighted by molar-refractivity contribution is 0.257. The first-order chi connectivity index (χ1) is 16.8. The van der Waals surface area contributed by atoms with E-state index in [1.165, 1.54) is 11.3 Å². The topological polar surface area (TPSA) is 36.3 Å². The molecular weight excluding hydrogens is 442 g/mol. The summed E-state index contributed by atoms with van der Waals surface area (Å²) in [6.07, 6.45) is 0. The summed E-state index contributed by atoms with van der Waals surface area (Å²) in [5.74, 6) is 0. The van der Waals surface area contributed by atoms with E-state index in [2.05, 4.69) is 81.8 Å². The highest BCUT2D eigenvalue weighted by Crippen LogP contribution is 2.24. The van der Waals surface area contributed by atoms with E-state index in [1.807, 2.05) is 28.9 Å². The third kappa shape index (κ3) is 5.50. The van der Waals surface area contributed by atoms with Gasteiger partial charge in [0.05, 0.1) is 17.1 Å². The summed E-state index contributed by atoms with van der Waals surface area (Å²) >= 11 is 6.02. The molecule has 0 aliphatic carbocycles. The monoisotopic (exact) mass is 471 g/mol. The standard InChI is InChI=1S/C28H30ClN5/c29-24-11-13-26(14-12-24)33-19-17-32(18-20-33)16-15-30-22-25-21-28(23-7-3-1-4-8-23)34(31-25)27-9-5-2-6-10-27/h1-14,21,30H,15-20,22H2. The van der Waals surface area contributed by atoms with Gasteiger partial charge in [0, 0.05) is 62.1 Å². The summed E-state index contributed by atoms with van der Waals surface area (Å²) in [6, 6.07) is 31.1. The van der Waals surface area contributed by atoms with Crippen molar-refractivity contribution in [2.24, 2.45) is 0 Å². The minimum atomic E-state index is 0.754. The molecule has 0 saturated carbocycles. The molecule has 1 fully saturated rings. The Kier molecular flexibility index (Phi) is 7.25. The minimum Gasteiger partial charge on any atom is -0.369 e. The lowest BCUT2D eigenvalue weighted by atomic mass is 10.1. The lowest BCUT2D eigenvalue weighted by Crippen LogP contribution is -2.48. The lowest BCUT2D eigenvalue weighted by Gasteiger charge is -2.36. The molecule has 0 amide bonds. The van der Waals surface area contributed by atoms with Crippen LogP contribution in [0.3, 0.4) is 0 Å². The number of hydrogen-bond acceptors (Lipinski definition) is 4. The van der Waals surface area contributed by atoms with Crippen molar-refractivity contribution in [1.82, 2.24) is 20.0 Å². The van der Waals surface area contributed by atoms with Gasteiger partial charge in [-0.25, -0.2) is 4.68 Å². The highest BCUT2D eigenvalue weighted by Gasteiger charge is 2.17. The molecule has 1 saturated heterocycles. The molecule has 0 spiro atoms. The van der Waals surface area contributed by atoms with E-state index >= 15 is 0 Å². The summed E-state index contributed by atoms with van der Waals surface area (Å²) in [7, 11) is 0. The predicted octanol–water partition coefficient (Wildman–Crippen LogP) is 5.10. The second-order valence-corrected chi connectivity index (χ2v) is 9.05. The molecule has 1 aliphatic rings. The van der Waals surface area contributed by atoms with Crippen LogP contribution in [0, 0.1) is 0 Å². The van der Waals surface area contributed by atoms with Crippen LogP contribution in [0.4, 0.5) is 5.69 Å². The van der Waals surface area contributed by atoms with Gasteiger partial charge in [0.25, 0.3) is 0 Å². The van der Waals surface area contributed by atoms with Gasteiger partial charge in [-0.1, -0.05) is 60.1 Å². The van der Waals surface area contributed by atoms with Crippen LogP contribution in [0.25, 0.3) is 16.9 Å². The quantitative estimate of drug-likeness (QED) is 0.362. The van der Waals surface area contributed by atoms with Gasteiger partial charge in [0.2, 0.25) is 0 Å². The maximum atomic E-state index is 6.02. The van der Waals surface area contributed by atoms with Crippen molar-refractivity contribution >= 4 is 17.3 Å². The number of para-hydroxylation sites is 1. The fraction of sp³-hybridized carbons (Fsp3) is 0.250. The molecule has 1 aliphatic heterocycles. The summed E-state index contributed by atoms with van der Waals surface area (Å²) in [6.45, 7) is 6.98. The van der Waals surface area contributed by atoms with Crippen LogP contribution in [0.15, 0.2) is 91.0 Å². The third-order valence-electron chi connectivity index (χ3n) is 6.31. The van der Waals surface area contributed by atoms with Crippen molar-refractivity contribution in [2.45, 2.75) is 6.54 Å². The van der Waals surface area contributed by atoms with Crippen LogP contribution in [0.2, 0.25) is 5.02 Å². The Morgan fingerprint density at radius 1 is 0.765 bits per heavy atom. The molecule has 4 aromatic rings. The van der Waals surface area contributed by atoms with Crippen molar-refractivity contribution in [1.29, 1.82) is 0 Å². The smallest absolute Gasteiger partial charge is 0.0773 e. The van der Waals surface area contributed by atoms with E-state index in [1.54, 1.807) is 0 Å². The molecule has 5 rings (SSSR count). The molecule has 5 nitrogen and oxygen atoms in total. The Hall–Kier alpha value is -3.12. The highest BCUT2D eigenvalue weighted by atomic mass is 35.5. The highest BCUT2D eigenvalue weighted by molar-refractivity contribution is 6.30. The summed E-state index contributed by atoms with van der Waals surface area (Å²) in [4.78, 5) is 4.96. The van der Waals surface area contributed by atoms with Gasteiger partial charge in [-0.3, -0.25) is 4.90 Å². The van der Waals surface area contributed by atoms with Gasteiger partial charge in [-0.15, -0.1) is 0 Å². The molecule has 2 heterocycles. The fourth-order valence-electron chi connectivity index (χ4n) is 4.43. The zero-order valence-corrected chi connectivity index (χ0v) is 20.0. The average molecular weight is 472 g/mol. The second-order valence-electron chi connectivity index (χ2n) is 8.62. The zero-order chi connectivity index (χ0) is 23.2. The summed E-state index contributed by atoms with van der Waals surface area (Å²) in [5.41, 5.74) is 5.66. The minimum absolute atomic E-state index is 0.754. The molecular formula is C28H30ClN5. The Morgan fingerprint density at radius 2 is 1.44 bits per heavy atom. The molecule has 0 unspecified atom stereocenters. The van der Waals surface area contributed by atoms with Crippen LogP contribution < -0.4 is 10.2 Å². The van der Waals surface area contributed by atoms with Crippen LogP contribution in [0.5, 0.6) is 0 Å². The molecule has 1 aromatic heterocycles. The first-order valence-corrected chi connectivity index (χ1v) is 12.3. The molecule has 0 bridgehead atoms. The van der Waals surface area contributed by atoms with Gasteiger partial charge in [-0.2, -0.15) is 5.10 Å². The van der Waals surface area contributed by atoms with Gasteiger partial charge in [0.1, 0.15) is 0 Å². The van der Waals surface area contributed by atoms with Gasteiger partial charge in [-0.05, 0) is 42.5 Å². The first-order valence-electron chi connectivity index (χ1n) is 11.9. The molecule has 3 aromatic carbocycles. The number of aromatic nitrogens is 2. The molecule has 174 valence electrons. The Morgan fingerprint density at radius 3 is 2.15 bits per heavy atom. The number of rotatable bonds is 8. The number of benzene rings is 3. The van der Waals surface area contributed by atoms with E-state index in [4.69, 9.17) is 16.7 Å². The number of piperazine rings is 1. The van der Waals surface area contributed by atoms with Gasteiger partial charge >= 0.3 is 0 Å². The number of nitrogens with zero attached hydrogens (tertiary/aromatic N) is 4. The third-order valence-corrected chi connectivity index (χ3v) is 6.56. The molecule has 0 atom stereocenters. The number of anilines is 1. The second kappa shape index (κ2) is 10.9. The zero-order valence-electron chi connectivity index (χ0n) is 19.3. The van der Waals surface area contributed by atoms with Crippen LogP contribution in [-0.4, -0.2) is 53.9 Å². The van der Waals surface area contributed by atoms with Crippen molar-refractivity contribution in [3.63, 3.8) is 0 Å². The van der Waals surface area contributed by atoms with Crippen LogP contribution in [0.1, 0.15) is 5.69 Å². The number of halogens is 1. The maximum Gasteiger partial charge on any atom is 0.0773 e. The largest absolute Gasteiger partial charge is 0.369 e. The fourth-order valence-corrected chi connectivity index (χ4v) is 4.56. The molecule has 6 heteroatoms. The normalized spacial score (nSPS) is 14.4. The van der Waals surface area contributed by atoms with E-state index in [0.29, 0.717) is 0 Å². The van der Waals surface area contributed by atoms with E-state index in [-0.39, 0.29) is 0 Å². The molecule has 1 N–H and O–H groups in total. The van der Waals surface area contributed by atoms with Crippen molar-refractivity contribution in [3.8, 4) is 16.9 Å². The van der Waals surface area contributed by atoms with Crippen molar-refractivity contribution < 1.29 is 0 Å². The van der Waals surface area contributed by atoms with Crippen LogP contribution >= 0.6 is 11.6 Å². The molecule has 0 radical (unpaired) electrons. The number of nitrogens with one attached hydrogen (secondary N) is 1. The predicted molar refractivity (Wildman–Crippen MR) is 141 cm³/mol. The van der Waals surface area contributed by atoms with Gasteiger partial charge in [0.15, 0.2) is 0 Å². The number of hydrogen-bond donors (Lipinski definition) is 1. The van der Waals surface area contributed by atoms with Crippen LogP contribution in [-0.2, 0) is 6.54 Å². The Labute approximate surface area is 206 Å². The van der Waals surface area contributed by atoms with Crippen molar-refractivity contribution in [2.75, 3.05) is 44.2 Å². The first kappa shape index (κ1) is 22.7. The summed E-state index contributed by atoms with van der Waals surface area (Å²) in [5, 5.41) is 9.30. The van der Waals surface area contributed by atoms with Gasteiger partial charge < -0.3 is 10.2 Å². The van der Waals surface area contributed by atoms with Crippen molar-refractivity contribution in [3.05, 3.63) is 102 Å². The average Bonchev–Trinajstić information content (AvgIpc) is 3.33. The Balaban J connectivity index is 1.15. The maximum absolute atomic E-state index is 6.02. The van der Waals surface area contributed by atoms with E-state index < -0.39 is 0 Å². The molecule has 34 heavy (non-hydrogen) atoms. The Bertz CT molecular complexity index is 1110. The SMILES string of the molecule is Clc1ccc(N2CCN(CCNCc3cc(-c4ccccc4)n(-c4ccccc4)n3)CC2)cc1. The van der Waals surface area contributed by atoms with E-state index in [0.717, 1.165) is 67.9 Å².